The van der Waals surface area contributed by atoms with E-state index in [9.17, 15) is 9.50 Å². The number of nitrogens with zero attached hydrogens (tertiary/aromatic N) is 1. The van der Waals surface area contributed by atoms with Crippen LogP contribution in [0.15, 0.2) is 24.3 Å². The molecule has 1 fully saturated rings. The summed E-state index contributed by atoms with van der Waals surface area (Å²) in [4.78, 5) is 2.16. The van der Waals surface area contributed by atoms with Crippen molar-refractivity contribution in [2.45, 2.75) is 51.2 Å². The van der Waals surface area contributed by atoms with Gasteiger partial charge < -0.3 is 5.11 Å². The van der Waals surface area contributed by atoms with Gasteiger partial charge in [0.15, 0.2) is 0 Å². The fraction of sp³-hybridized carbons (Fsp3) is 0.647. The van der Waals surface area contributed by atoms with Gasteiger partial charge in [-0.15, -0.1) is 0 Å². The van der Waals surface area contributed by atoms with E-state index in [0.717, 1.165) is 31.4 Å². The first-order valence-electron chi connectivity index (χ1n) is 7.72. The summed E-state index contributed by atoms with van der Waals surface area (Å²) >= 11 is 0. The van der Waals surface area contributed by atoms with E-state index in [1.54, 1.807) is 6.07 Å². The second-order valence-corrected chi connectivity index (χ2v) is 6.10. The number of aliphatic hydroxyl groups excluding tert-OH is 1. The molecule has 1 aromatic carbocycles. The monoisotopic (exact) mass is 279 g/mol. The van der Waals surface area contributed by atoms with E-state index in [0.29, 0.717) is 5.92 Å². The molecule has 0 radical (unpaired) electrons. The molecule has 1 N–H and O–H groups in total. The zero-order valence-corrected chi connectivity index (χ0v) is 12.6. The SMILES string of the molecule is CC(c1ccccc1F)N(C)CC1CCCCCC1O. The second-order valence-electron chi connectivity index (χ2n) is 6.10. The predicted octanol–water partition coefficient (Wildman–Crippen LogP) is 3.76. The van der Waals surface area contributed by atoms with Crippen LogP contribution in [0.5, 0.6) is 0 Å². The number of rotatable bonds is 4. The van der Waals surface area contributed by atoms with E-state index >= 15 is 0 Å². The van der Waals surface area contributed by atoms with Crippen molar-refractivity contribution in [3.05, 3.63) is 35.6 Å². The highest BCUT2D eigenvalue weighted by Gasteiger charge is 2.25. The summed E-state index contributed by atoms with van der Waals surface area (Å²) < 4.78 is 13.8. The van der Waals surface area contributed by atoms with Gasteiger partial charge in [0.05, 0.1) is 6.10 Å². The van der Waals surface area contributed by atoms with Crippen LogP contribution in [0, 0.1) is 11.7 Å². The lowest BCUT2D eigenvalue weighted by atomic mass is 9.95. The van der Waals surface area contributed by atoms with E-state index in [2.05, 4.69) is 4.90 Å². The van der Waals surface area contributed by atoms with Crippen molar-refractivity contribution in [2.24, 2.45) is 5.92 Å². The molecule has 0 heterocycles. The van der Waals surface area contributed by atoms with Gasteiger partial charge in [-0.05, 0) is 38.8 Å². The minimum Gasteiger partial charge on any atom is -0.393 e. The Labute approximate surface area is 121 Å². The van der Waals surface area contributed by atoms with E-state index in [1.807, 2.05) is 26.1 Å². The summed E-state index contributed by atoms with van der Waals surface area (Å²) in [7, 11) is 2.02. The fourth-order valence-electron chi connectivity index (χ4n) is 3.16. The molecule has 3 unspecified atom stereocenters. The molecule has 0 saturated heterocycles. The van der Waals surface area contributed by atoms with Crippen LogP contribution in [0.1, 0.15) is 50.6 Å². The number of hydrogen-bond donors (Lipinski definition) is 1. The quantitative estimate of drug-likeness (QED) is 0.848. The molecule has 0 aliphatic heterocycles. The van der Waals surface area contributed by atoms with Crippen molar-refractivity contribution in [3.63, 3.8) is 0 Å². The third-order valence-electron chi connectivity index (χ3n) is 4.66. The van der Waals surface area contributed by atoms with E-state index in [4.69, 9.17) is 0 Å². The highest BCUT2D eigenvalue weighted by atomic mass is 19.1. The van der Waals surface area contributed by atoms with Gasteiger partial charge >= 0.3 is 0 Å². The molecule has 1 aromatic rings. The predicted molar refractivity (Wildman–Crippen MR) is 80.0 cm³/mol. The molecule has 3 atom stereocenters. The number of aliphatic hydroxyl groups is 1. The molecule has 0 aromatic heterocycles. The van der Waals surface area contributed by atoms with Gasteiger partial charge in [0.25, 0.3) is 0 Å². The maximum atomic E-state index is 13.8. The van der Waals surface area contributed by atoms with Crippen molar-refractivity contribution in [1.29, 1.82) is 0 Å². The smallest absolute Gasteiger partial charge is 0.127 e. The average Bonchev–Trinajstić information content (AvgIpc) is 2.64. The first-order valence-corrected chi connectivity index (χ1v) is 7.72. The third kappa shape index (κ3) is 3.80. The van der Waals surface area contributed by atoms with Crippen LogP contribution in [-0.2, 0) is 0 Å². The Morgan fingerprint density at radius 2 is 1.95 bits per heavy atom. The number of benzene rings is 1. The maximum absolute atomic E-state index is 13.8. The minimum atomic E-state index is -0.201. The lowest BCUT2D eigenvalue weighted by Gasteiger charge is -2.31. The van der Waals surface area contributed by atoms with Crippen LogP contribution in [0.2, 0.25) is 0 Å². The molecule has 0 bridgehead atoms. The first-order chi connectivity index (χ1) is 9.59. The summed E-state index contributed by atoms with van der Waals surface area (Å²) in [6, 6.07) is 7.00. The van der Waals surface area contributed by atoms with Crippen LogP contribution < -0.4 is 0 Å². The largest absolute Gasteiger partial charge is 0.393 e. The Kier molecular flexibility index (Phi) is 5.55. The number of hydrogen-bond acceptors (Lipinski definition) is 2. The molecule has 112 valence electrons. The van der Waals surface area contributed by atoms with Crippen LogP contribution >= 0.6 is 0 Å². The topological polar surface area (TPSA) is 23.5 Å². The lowest BCUT2D eigenvalue weighted by Crippen LogP contribution is -2.34. The normalized spacial score (nSPS) is 25.4. The van der Waals surface area contributed by atoms with Crippen molar-refractivity contribution in [3.8, 4) is 0 Å². The molecular weight excluding hydrogens is 253 g/mol. The fourth-order valence-corrected chi connectivity index (χ4v) is 3.16. The highest BCUT2D eigenvalue weighted by molar-refractivity contribution is 5.20. The van der Waals surface area contributed by atoms with Gasteiger partial charge in [-0.25, -0.2) is 4.39 Å². The molecule has 20 heavy (non-hydrogen) atoms. The Bertz CT molecular complexity index is 423. The zero-order chi connectivity index (χ0) is 14.5. The molecule has 1 saturated carbocycles. The number of halogens is 1. The Balaban J connectivity index is 2.00. The summed E-state index contributed by atoms with van der Waals surface area (Å²) in [6.07, 6.45) is 5.34. The summed E-state index contributed by atoms with van der Waals surface area (Å²) in [6.45, 7) is 2.86. The van der Waals surface area contributed by atoms with Crippen LogP contribution in [-0.4, -0.2) is 29.7 Å². The van der Waals surface area contributed by atoms with Gasteiger partial charge in [0.2, 0.25) is 0 Å². The molecular formula is C17H26FNO. The van der Waals surface area contributed by atoms with Gasteiger partial charge in [-0.1, -0.05) is 37.5 Å². The van der Waals surface area contributed by atoms with Gasteiger partial charge in [0, 0.05) is 18.2 Å². The highest BCUT2D eigenvalue weighted by Crippen LogP contribution is 2.27. The minimum absolute atomic E-state index is 0.0339. The third-order valence-corrected chi connectivity index (χ3v) is 4.66. The van der Waals surface area contributed by atoms with E-state index in [-0.39, 0.29) is 18.0 Å². The second kappa shape index (κ2) is 7.19. The van der Waals surface area contributed by atoms with Crippen molar-refractivity contribution in [1.82, 2.24) is 4.90 Å². The van der Waals surface area contributed by atoms with E-state index < -0.39 is 0 Å². The molecule has 1 aliphatic carbocycles. The summed E-state index contributed by atoms with van der Waals surface area (Å²) in [5, 5.41) is 10.2. The molecule has 0 amide bonds. The molecule has 2 rings (SSSR count). The summed E-state index contributed by atoms with van der Waals surface area (Å²) in [5.74, 6) is 0.171. The van der Waals surface area contributed by atoms with Crippen molar-refractivity contribution in [2.75, 3.05) is 13.6 Å². The molecule has 3 heteroatoms. The summed E-state index contributed by atoms with van der Waals surface area (Å²) in [5.41, 5.74) is 0.734. The Hall–Kier alpha value is -0.930. The van der Waals surface area contributed by atoms with Crippen molar-refractivity contribution < 1.29 is 9.50 Å². The van der Waals surface area contributed by atoms with E-state index in [1.165, 1.54) is 18.9 Å². The zero-order valence-electron chi connectivity index (χ0n) is 12.6. The Morgan fingerprint density at radius 1 is 1.25 bits per heavy atom. The first kappa shape index (κ1) is 15.5. The molecule has 0 spiro atoms. The van der Waals surface area contributed by atoms with Gasteiger partial charge in [-0.3, -0.25) is 4.90 Å². The maximum Gasteiger partial charge on any atom is 0.127 e. The standard InChI is InChI=1S/C17H26FNO/c1-13(15-9-6-7-10-16(15)18)19(2)12-14-8-4-3-5-11-17(14)20/h6-7,9-10,13-14,17,20H,3-5,8,11-12H2,1-2H3. The molecule has 2 nitrogen and oxygen atoms in total. The van der Waals surface area contributed by atoms with Crippen LogP contribution in [0.25, 0.3) is 0 Å². The van der Waals surface area contributed by atoms with Gasteiger partial charge in [0.1, 0.15) is 5.82 Å². The molecule has 1 aliphatic rings. The Morgan fingerprint density at radius 3 is 2.70 bits per heavy atom. The van der Waals surface area contributed by atoms with Crippen molar-refractivity contribution >= 4 is 0 Å². The van der Waals surface area contributed by atoms with Crippen LogP contribution in [0.3, 0.4) is 0 Å². The lowest BCUT2D eigenvalue weighted by molar-refractivity contribution is 0.0707. The van der Waals surface area contributed by atoms with Gasteiger partial charge in [-0.2, -0.15) is 0 Å². The average molecular weight is 279 g/mol. The van der Waals surface area contributed by atoms with Crippen LogP contribution in [0.4, 0.5) is 4.39 Å².